The fourth-order valence-corrected chi connectivity index (χ4v) is 5.28. The van der Waals surface area contributed by atoms with E-state index in [0.29, 0.717) is 18.8 Å². The van der Waals surface area contributed by atoms with Crippen molar-refractivity contribution in [2.45, 2.75) is 38.5 Å². The maximum atomic E-state index is 13.0. The predicted octanol–water partition coefficient (Wildman–Crippen LogP) is 4.85. The molecule has 0 saturated heterocycles. The number of nitrogens with one attached hydrogen (secondary N) is 1. The van der Waals surface area contributed by atoms with Gasteiger partial charge in [0.1, 0.15) is 5.75 Å². The minimum absolute atomic E-state index is 0.470. The van der Waals surface area contributed by atoms with Crippen molar-refractivity contribution in [3.05, 3.63) is 66.7 Å². The van der Waals surface area contributed by atoms with E-state index in [4.69, 9.17) is 4.74 Å². The van der Waals surface area contributed by atoms with Crippen molar-refractivity contribution in [3.63, 3.8) is 0 Å². The number of anilines is 2. The van der Waals surface area contributed by atoms with Crippen LogP contribution >= 0.6 is 0 Å². The third-order valence-electron chi connectivity index (χ3n) is 5.58. The van der Waals surface area contributed by atoms with Gasteiger partial charge >= 0.3 is 10.2 Å². The quantitative estimate of drug-likeness (QED) is 0.345. The van der Waals surface area contributed by atoms with Crippen LogP contribution in [0.25, 0.3) is 0 Å². The van der Waals surface area contributed by atoms with Crippen LogP contribution in [0, 0.1) is 0 Å². The van der Waals surface area contributed by atoms with E-state index in [9.17, 15) is 8.42 Å². The van der Waals surface area contributed by atoms with Crippen molar-refractivity contribution >= 4 is 21.6 Å². The number of hydrogen-bond donors (Lipinski definition) is 1. The minimum atomic E-state index is -3.67. The highest BCUT2D eigenvalue weighted by atomic mass is 32.2. The molecule has 32 heavy (non-hydrogen) atoms. The Bertz CT molecular complexity index is 964. The van der Waals surface area contributed by atoms with E-state index < -0.39 is 10.2 Å². The van der Waals surface area contributed by atoms with Gasteiger partial charge in [0.05, 0.1) is 18.0 Å². The number of para-hydroxylation sites is 1. The van der Waals surface area contributed by atoms with Crippen LogP contribution in [0.15, 0.2) is 61.2 Å². The lowest BCUT2D eigenvalue weighted by Crippen LogP contribution is -2.39. The van der Waals surface area contributed by atoms with Crippen LogP contribution in [0.4, 0.5) is 11.4 Å². The molecule has 0 atom stereocenters. The van der Waals surface area contributed by atoms with Crippen molar-refractivity contribution < 1.29 is 13.2 Å². The molecular weight excluding hydrogens is 422 g/mol. The van der Waals surface area contributed by atoms with Gasteiger partial charge in [-0.15, -0.1) is 6.58 Å². The summed E-state index contributed by atoms with van der Waals surface area (Å²) in [4.78, 5) is 2.27. The minimum Gasteiger partial charge on any atom is -0.494 e. The van der Waals surface area contributed by atoms with Crippen molar-refractivity contribution in [1.29, 1.82) is 0 Å². The summed E-state index contributed by atoms with van der Waals surface area (Å²) in [5, 5.41) is 0. The second-order valence-electron chi connectivity index (χ2n) is 8.25. The van der Waals surface area contributed by atoms with E-state index in [1.54, 1.807) is 12.1 Å². The smallest absolute Gasteiger partial charge is 0.323 e. The Hall–Kier alpha value is -2.51. The van der Waals surface area contributed by atoms with Gasteiger partial charge in [-0.25, -0.2) is 0 Å². The fraction of sp³-hybridized carbons (Fsp3) is 0.440. The van der Waals surface area contributed by atoms with Gasteiger partial charge in [-0.2, -0.15) is 8.42 Å². The highest BCUT2D eigenvalue weighted by molar-refractivity contribution is 7.94. The van der Waals surface area contributed by atoms with Crippen molar-refractivity contribution in [3.8, 4) is 5.75 Å². The monoisotopic (exact) mass is 457 g/mol. The largest absolute Gasteiger partial charge is 0.494 e. The zero-order valence-electron chi connectivity index (χ0n) is 19.0. The summed E-state index contributed by atoms with van der Waals surface area (Å²) in [5.41, 5.74) is 2.31. The van der Waals surface area contributed by atoms with Gasteiger partial charge in [-0.05, 0) is 75.2 Å². The second kappa shape index (κ2) is 11.9. The lowest BCUT2D eigenvalue weighted by Gasteiger charge is -2.31. The van der Waals surface area contributed by atoms with Crippen LogP contribution in [0.5, 0.6) is 5.75 Å². The summed E-state index contributed by atoms with van der Waals surface area (Å²) in [7, 11) is -1.55. The first kappa shape index (κ1) is 24.1. The van der Waals surface area contributed by atoms with Gasteiger partial charge in [0.2, 0.25) is 0 Å². The second-order valence-corrected chi connectivity index (χ2v) is 9.85. The molecule has 0 spiro atoms. The molecule has 6 nitrogen and oxygen atoms in total. The van der Waals surface area contributed by atoms with Crippen LogP contribution in [0.3, 0.4) is 0 Å². The molecule has 0 bridgehead atoms. The molecule has 0 aliphatic carbocycles. The van der Waals surface area contributed by atoms with Gasteiger partial charge in [0, 0.05) is 13.1 Å². The molecule has 0 unspecified atom stereocenters. The van der Waals surface area contributed by atoms with Gasteiger partial charge < -0.3 is 9.64 Å². The first-order chi connectivity index (χ1) is 15.5. The fourth-order valence-electron chi connectivity index (χ4n) is 3.93. The van der Waals surface area contributed by atoms with E-state index in [-0.39, 0.29) is 0 Å². The van der Waals surface area contributed by atoms with Crippen molar-refractivity contribution in [2.24, 2.45) is 0 Å². The van der Waals surface area contributed by atoms with Crippen LogP contribution in [0.1, 0.15) is 37.7 Å². The summed E-state index contributed by atoms with van der Waals surface area (Å²) < 4.78 is 36.0. The predicted molar refractivity (Wildman–Crippen MR) is 133 cm³/mol. The van der Waals surface area contributed by atoms with Crippen LogP contribution in [-0.2, 0) is 16.6 Å². The van der Waals surface area contributed by atoms with Crippen LogP contribution in [-0.4, -0.2) is 46.6 Å². The van der Waals surface area contributed by atoms with Gasteiger partial charge in [0.25, 0.3) is 0 Å². The van der Waals surface area contributed by atoms with E-state index in [0.717, 1.165) is 55.8 Å². The highest BCUT2D eigenvalue weighted by Gasteiger charge is 2.27. The Morgan fingerprint density at radius 1 is 1.12 bits per heavy atom. The number of ether oxygens (including phenoxy) is 1. The lowest BCUT2D eigenvalue weighted by molar-refractivity contribution is 0.300. The topological polar surface area (TPSA) is 61.9 Å². The first-order valence-corrected chi connectivity index (χ1v) is 12.8. The van der Waals surface area contributed by atoms with Gasteiger partial charge in [-0.3, -0.25) is 9.03 Å². The van der Waals surface area contributed by atoms with Crippen molar-refractivity contribution in [1.82, 2.24) is 4.90 Å². The molecule has 0 radical (unpaired) electrons. The van der Waals surface area contributed by atoms with E-state index >= 15 is 0 Å². The van der Waals surface area contributed by atoms with Crippen LogP contribution < -0.4 is 13.8 Å². The maximum Gasteiger partial charge on any atom is 0.323 e. The number of unbranched alkanes of at least 4 members (excludes halogenated alkanes) is 3. The average molecular weight is 458 g/mol. The summed E-state index contributed by atoms with van der Waals surface area (Å²) >= 11 is 0. The summed E-state index contributed by atoms with van der Waals surface area (Å²) in [6.07, 6.45) is 8.10. The number of benzene rings is 2. The molecule has 0 amide bonds. The Morgan fingerprint density at radius 2 is 1.91 bits per heavy atom. The molecule has 2 aromatic rings. The number of fused-ring (bicyclic) bond motifs is 1. The third kappa shape index (κ3) is 7.00. The molecule has 174 valence electrons. The van der Waals surface area contributed by atoms with E-state index in [2.05, 4.69) is 23.2 Å². The number of rotatable bonds is 13. The van der Waals surface area contributed by atoms with E-state index in [1.165, 1.54) is 17.1 Å². The Kier molecular flexibility index (Phi) is 9.00. The third-order valence-corrected chi connectivity index (χ3v) is 7.03. The Balaban J connectivity index is 1.50. The van der Waals surface area contributed by atoms with Crippen molar-refractivity contribution in [2.75, 3.05) is 42.3 Å². The summed E-state index contributed by atoms with van der Waals surface area (Å²) in [6.45, 7) is 6.94. The molecule has 3 rings (SSSR count). The molecule has 2 aromatic carbocycles. The molecule has 1 heterocycles. The number of nitrogens with zero attached hydrogens (tertiary/aromatic N) is 2. The lowest BCUT2D eigenvalue weighted by atomic mass is 10.0. The molecule has 0 aromatic heterocycles. The summed E-state index contributed by atoms with van der Waals surface area (Å²) in [6, 6.07) is 14.7. The zero-order chi connectivity index (χ0) is 22.8. The first-order valence-electron chi connectivity index (χ1n) is 11.4. The Morgan fingerprint density at radius 3 is 2.69 bits per heavy atom. The number of aryl methyl sites for hydroxylation is 1. The normalized spacial score (nSPS) is 13.6. The maximum absolute atomic E-state index is 13.0. The van der Waals surface area contributed by atoms with Crippen LogP contribution in [0.2, 0.25) is 0 Å². The average Bonchev–Trinajstić information content (AvgIpc) is 2.78. The molecular formula is C25H35N3O3S. The molecule has 0 saturated carbocycles. The molecule has 1 aliphatic rings. The Labute approximate surface area is 193 Å². The van der Waals surface area contributed by atoms with Gasteiger partial charge in [0.15, 0.2) is 0 Å². The zero-order valence-corrected chi connectivity index (χ0v) is 19.8. The highest BCUT2D eigenvalue weighted by Crippen LogP contribution is 2.32. The molecule has 1 N–H and O–H groups in total. The number of hydrogen-bond acceptors (Lipinski definition) is 4. The number of likely N-dealkylation sites (N-methyl/N-ethyl adjacent to an activating group) is 1. The summed E-state index contributed by atoms with van der Waals surface area (Å²) in [5.74, 6) is 0.810. The van der Waals surface area contributed by atoms with E-state index in [1.807, 2.05) is 42.5 Å². The molecule has 0 fully saturated rings. The molecule has 1 aliphatic heterocycles. The SMILES string of the molecule is C=CCN(C)CCCCCCOc1ccc2c(c1)CCCN2S(=O)(=O)Nc1ccccc1. The molecule has 7 heteroatoms. The standard InChI is InChI=1S/C25H35N3O3S/c1-3-17-27(2)18-9-4-5-10-20-31-24-15-16-25-22(21-24)12-11-19-28(25)32(29,30)26-23-13-7-6-8-14-23/h3,6-8,13-16,21,26H,1,4-5,9-12,17-20H2,2H3. The van der Waals surface area contributed by atoms with Gasteiger partial charge in [-0.1, -0.05) is 37.1 Å².